The molecule has 2 N–H and O–H groups in total. The molecule has 0 radical (unpaired) electrons. The molecule has 29 heavy (non-hydrogen) atoms. The SMILES string of the molecule is CCOc1cc(/C=N\NC(=O)c2ccc3[nH]c4c(c3c2)CCCC4)ccc1OC. The third-order valence-electron chi connectivity index (χ3n) is 5.23. The van der Waals surface area contributed by atoms with Crippen molar-refractivity contribution in [3.63, 3.8) is 0 Å². The summed E-state index contributed by atoms with van der Waals surface area (Å²) in [6.07, 6.45) is 6.17. The van der Waals surface area contributed by atoms with Crippen LogP contribution < -0.4 is 14.9 Å². The van der Waals surface area contributed by atoms with Gasteiger partial charge in [0.25, 0.3) is 5.91 Å². The Bertz CT molecular complexity index is 1070. The van der Waals surface area contributed by atoms with Crippen LogP contribution in [0, 0.1) is 0 Å². The molecule has 0 atom stereocenters. The van der Waals surface area contributed by atoms with Gasteiger partial charge in [0.15, 0.2) is 11.5 Å². The summed E-state index contributed by atoms with van der Waals surface area (Å²) in [5, 5.41) is 5.25. The van der Waals surface area contributed by atoms with Crippen molar-refractivity contribution in [1.29, 1.82) is 0 Å². The molecule has 0 spiro atoms. The lowest BCUT2D eigenvalue weighted by molar-refractivity contribution is 0.0955. The van der Waals surface area contributed by atoms with E-state index in [1.165, 1.54) is 24.1 Å². The van der Waals surface area contributed by atoms with Gasteiger partial charge < -0.3 is 14.5 Å². The monoisotopic (exact) mass is 391 g/mol. The fourth-order valence-corrected chi connectivity index (χ4v) is 3.82. The second kappa shape index (κ2) is 8.39. The molecule has 6 heteroatoms. The Hall–Kier alpha value is -3.28. The van der Waals surface area contributed by atoms with E-state index >= 15 is 0 Å². The zero-order chi connectivity index (χ0) is 20.2. The van der Waals surface area contributed by atoms with Gasteiger partial charge in [-0.2, -0.15) is 5.10 Å². The first-order valence-corrected chi connectivity index (χ1v) is 9.97. The van der Waals surface area contributed by atoms with Crippen molar-refractivity contribution in [2.45, 2.75) is 32.6 Å². The number of amides is 1. The third-order valence-corrected chi connectivity index (χ3v) is 5.23. The largest absolute Gasteiger partial charge is 0.493 e. The first kappa shape index (κ1) is 19.1. The molecule has 3 aromatic rings. The lowest BCUT2D eigenvalue weighted by Gasteiger charge is -2.10. The highest BCUT2D eigenvalue weighted by atomic mass is 16.5. The fourth-order valence-electron chi connectivity index (χ4n) is 3.82. The second-order valence-electron chi connectivity index (χ2n) is 7.09. The van der Waals surface area contributed by atoms with Crippen LogP contribution in [0.3, 0.4) is 0 Å². The Labute approximate surface area is 169 Å². The molecule has 0 unspecified atom stereocenters. The minimum Gasteiger partial charge on any atom is -0.493 e. The number of aromatic amines is 1. The number of hydrogen-bond acceptors (Lipinski definition) is 4. The van der Waals surface area contributed by atoms with Crippen molar-refractivity contribution in [3.05, 3.63) is 58.8 Å². The summed E-state index contributed by atoms with van der Waals surface area (Å²) in [5.41, 5.74) is 7.79. The van der Waals surface area contributed by atoms with Gasteiger partial charge in [-0.15, -0.1) is 0 Å². The molecule has 1 aromatic heterocycles. The summed E-state index contributed by atoms with van der Waals surface area (Å²) in [5.74, 6) is 1.08. The molecular formula is C23H25N3O3. The number of nitrogens with one attached hydrogen (secondary N) is 2. The van der Waals surface area contributed by atoms with Crippen molar-refractivity contribution in [2.75, 3.05) is 13.7 Å². The molecule has 150 valence electrons. The molecule has 0 saturated heterocycles. The summed E-state index contributed by atoms with van der Waals surface area (Å²) in [7, 11) is 1.60. The number of hydrogen-bond donors (Lipinski definition) is 2. The van der Waals surface area contributed by atoms with E-state index in [1.54, 1.807) is 13.3 Å². The molecule has 0 saturated carbocycles. The number of carbonyl (C=O) groups excluding carboxylic acids is 1. The maximum Gasteiger partial charge on any atom is 0.271 e. The van der Waals surface area contributed by atoms with Crippen LogP contribution >= 0.6 is 0 Å². The Morgan fingerprint density at radius 3 is 2.86 bits per heavy atom. The highest BCUT2D eigenvalue weighted by Crippen LogP contribution is 2.30. The minimum atomic E-state index is -0.229. The number of rotatable bonds is 6. The summed E-state index contributed by atoms with van der Waals surface area (Å²) in [4.78, 5) is 16.0. The lowest BCUT2D eigenvalue weighted by atomic mass is 9.95. The Morgan fingerprint density at radius 1 is 1.17 bits per heavy atom. The lowest BCUT2D eigenvalue weighted by Crippen LogP contribution is -2.17. The number of benzene rings is 2. The van der Waals surface area contributed by atoms with E-state index in [2.05, 4.69) is 15.5 Å². The zero-order valence-corrected chi connectivity index (χ0v) is 16.7. The molecule has 1 aliphatic carbocycles. The number of carbonyl (C=O) groups is 1. The standard InChI is InChI=1S/C23H25N3O3/c1-3-29-22-12-15(8-11-21(22)28-2)14-24-26-23(27)16-9-10-20-18(13-16)17-6-4-5-7-19(17)25-20/h8-14,25H,3-7H2,1-2H3,(H,26,27)/b24-14-. The van der Waals surface area contributed by atoms with E-state index in [1.807, 2.05) is 43.3 Å². The third kappa shape index (κ3) is 3.97. The smallest absolute Gasteiger partial charge is 0.271 e. The summed E-state index contributed by atoms with van der Waals surface area (Å²) in [6, 6.07) is 11.3. The fraction of sp³-hybridized carbons (Fsp3) is 0.304. The van der Waals surface area contributed by atoms with Crippen LogP contribution in [0.15, 0.2) is 41.5 Å². The van der Waals surface area contributed by atoms with Crippen LogP contribution in [0.25, 0.3) is 10.9 Å². The number of aryl methyl sites for hydroxylation is 2. The summed E-state index contributed by atoms with van der Waals surface area (Å²) < 4.78 is 10.8. The van der Waals surface area contributed by atoms with Gasteiger partial charge in [0, 0.05) is 22.2 Å². The Kier molecular flexibility index (Phi) is 5.51. The van der Waals surface area contributed by atoms with E-state index in [0.29, 0.717) is 23.7 Å². The first-order valence-electron chi connectivity index (χ1n) is 9.97. The summed E-state index contributed by atoms with van der Waals surface area (Å²) >= 11 is 0. The number of fused-ring (bicyclic) bond motifs is 3. The van der Waals surface area contributed by atoms with Crippen LogP contribution in [-0.2, 0) is 12.8 Å². The van der Waals surface area contributed by atoms with Crippen LogP contribution in [-0.4, -0.2) is 30.8 Å². The molecule has 0 fully saturated rings. The van der Waals surface area contributed by atoms with Crippen molar-refractivity contribution < 1.29 is 14.3 Å². The highest BCUT2D eigenvalue weighted by molar-refractivity contribution is 5.99. The van der Waals surface area contributed by atoms with E-state index < -0.39 is 0 Å². The van der Waals surface area contributed by atoms with Crippen LogP contribution in [0.1, 0.15) is 46.9 Å². The number of methoxy groups -OCH3 is 1. The van der Waals surface area contributed by atoms with Crippen LogP contribution in [0.2, 0.25) is 0 Å². The van der Waals surface area contributed by atoms with Gasteiger partial charge in [0.05, 0.1) is 19.9 Å². The van der Waals surface area contributed by atoms with Gasteiger partial charge in [0.2, 0.25) is 0 Å². The first-order chi connectivity index (χ1) is 14.2. The van der Waals surface area contributed by atoms with E-state index in [0.717, 1.165) is 29.3 Å². The van der Waals surface area contributed by atoms with Gasteiger partial charge in [0.1, 0.15) is 0 Å². The van der Waals surface area contributed by atoms with Crippen molar-refractivity contribution in [2.24, 2.45) is 5.10 Å². The molecule has 4 rings (SSSR count). The number of nitrogens with zero attached hydrogens (tertiary/aromatic N) is 1. The molecule has 1 aliphatic rings. The number of ether oxygens (including phenoxy) is 2. The molecule has 0 aliphatic heterocycles. The van der Waals surface area contributed by atoms with Crippen molar-refractivity contribution in [1.82, 2.24) is 10.4 Å². The second-order valence-corrected chi connectivity index (χ2v) is 7.09. The molecule has 1 amide bonds. The predicted molar refractivity (Wildman–Crippen MR) is 114 cm³/mol. The normalized spacial score (nSPS) is 13.4. The van der Waals surface area contributed by atoms with E-state index in [-0.39, 0.29) is 5.91 Å². The molecule has 1 heterocycles. The molecular weight excluding hydrogens is 366 g/mol. The number of hydrazone groups is 1. The predicted octanol–water partition coefficient (Wildman–Crippen LogP) is 4.22. The van der Waals surface area contributed by atoms with Gasteiger partial charge in [-0.3, -0.25) is 4.79 Å². The molecule has 2 aromatic carbocycles. The average molecular weight is 391 g/mol. The van der Waals surface area contributed by atoms with E-state index in [9.17, 15) is 4.79 Å². The maximum absolute atomic E-state index is 12.6. The maximum atomic E-state index is 12.6. The van der Waals surface area contributed by atoms with Gasteiger partial charge in [-0.1, -0.05) is 0 Å². The van der Waals surface area contributed by atoms with Crippen molar-refractivity contribution in [3.8, 4) is 11.5 Å². The van der Waals surface area contributed by atoms with Crippen molar-refractivity contribution >= 4 is 23.0 Å². The number of H-pyrrole nitrogens is 1. The number of aromatic nitrogens is 1. The average Bonchev–Trinajstić information content (AvgIpc) is 3.12. The molecule has 6 nitrogen and oxygen atoms in total. The zero-order valence-electron chi connectivity index (χ0n) is 16.7. The van der Waals surface area contributed by atoms with Gasteiger partial charge >= 0.3 is 0 Å². The minimum absolute atomic E-state index is 0.229. The van der Waals surface area contributed by atoms with Crippen LogP contribution in [0.4, 0.5) is 0 Å². The van der Waals surface area contributed by atoms with E-state index in [4.69, 9.17) is 9.47 Å². The topological polar surface area (TPSA) is 75.7 Å². The van der Waals surface area contributed by atoms with Gasteiger partial charge in [-0.25, -0.2) is 5.43 Å². The van der Waals surface area contributed by atoms with Gasteiger partial charge in [-0.05, 0) is 80.1 Å². The summed E-state index contributed by atoms with van der Waals surface area (Å²) in [6.45, 7) is 2.46. The molecule has 0 bridgehead atoms. The van der Waals surface area contributed by atoms with Crippen LogP contribution in [0.5, 0.6) is 11.5 Å². The Balaban J connectivity index is 1.49. The highest BCUT2D eigenvalue weighted by Gasteiger charge is 2.16. The quantitative estimate of drug-likeness (QED) is 0.488. The Morgan fingerprint density at radius 2 is 2.03 bits per heavy atom.